The lowest BCUT2D eigenvalue weighted by Gasteiger charge is -2.11. The van der Waals surface area contributed by atoms with Crippen molar-refractivity contribution >= 4 is 16.9 Å². The molecule has 23 heavy (non-hydrogen) atoms. The average molecular weight is 305 g/mol. The Balaban J connectivity index is 2.19. The van der Waals surface area contributed by atoms with E-state index >= 15 is 0 Å². The van der Waals surface area contributed by atoms with Crippen molar-refractivity contribution < 1.29 is 9.53 Å². The molecule has 1 heterocycles. The van der Waals surface area contributed by atoms with Crippen molar-refractivity contribution in [1.82, 2.24) is 4.98 Å². The predicted octanol–water partition coefficient (Wildman–Crippen LogP) is 4.70. The van der Waals surface area contributed by atoms with E-state index in [0.29, 0.717) is 12.2 Å². The summed E-state index contributed by atoms with van der Waals surface area (Å²) in [6.07, 6.45) is 0. The smallest absolute Gasteiger partial charge is 0.338 e. The minimum absolute atomic E-state index is 0.292. The minimum atomic E-state index is -0.292. The molecule has 3 nitrogen and oxygen atoms in total. The van der Waals surface area contributed by atoms with Crippen molar-refractivity contribution in [2.24, 2.45) is 0 Å². The van der Waals surface area contributed by atoms with Crippen LogP contribution in [0.4, 0.5) is 0 Å². The van der Waals surface area contributed by atoms with Crippen LogP contribution in [0.25, 0.3) is 22.0 Å². The lowest BCUT2D eigenvalue weighted by atomic mass is 9.99. The molecule has 3 aromatic rings. The molecule has 0 aliphatic heterocycles. The van der Waals surface area contributed by atoms with Crippen molar-refractivity contribution in [1.29, 1.82) is 0 Å². The van der Waals surface area contributed by atoms with Gasteiger partial charge in [0, 0.05) is 16.6 Å². The first-order valence-corrected chi connectivity index (χ1v) is 7.74. The first kappa shape index (κ1) is 15.2. The van der Waals surface area contributed by atoms with E-state index in [1.807, 2.05) is 51.1 Å². The van der Waals surface area contributed by atoms with Crippen LogP contribution in [0.3, 0.4) is 0 Å². The van der Waals surface area contributed by atoms with Crippen molar-refractivity contribution in [2.75, 3.05) is 6.61 Å². The molecule has 3 rings (SSSR count). The summed E-state index contributed by atoms with van der Waals surface area (Å²) < 4.78 is 5.11. The third-order valence-corrected chi connectivity index (χ3v) is 3.90. The number of benzene rings is 2. The first-order valence-electron chi connectivity index (χ1n) is 7.74. The van der Waals surface area contributed by atoms with Crippen molar-refractivity contribution in [3.05, 3.63) is 65.4 Å². The van der Waals surface area contributed by atoms with Gasteiger partial charge in [0.25, 0.3) is 0 Å². The van der Waals surface area contributed by atoms with E-state index in [-0.39, 0.29) is 5.97 Å². The third kappa shape index (κ3) is 2.95. The number of aromatic nitrogens is 1. The lowest BCUT2D eigenvalue weighted by Crippen LogP contribution is -2.05. The number of rotatable bonds is 3. The third-order valence-electron chi connectivity index (χ3n) is 3.90. The molecule has 3 heteroatoms. The number of ether oxygens (including phenoxy) is 1. The van der Waals surface area contributed by atoms with E-state index in [1.54, 1.807) is 0 Å². The van der Waals surface area contributed by atoms with E-state index in [4.69, 9.17) is 9.72 Å². The normalized spacial score (nSPS) is 10.7. The molecule has 116 valence electrons. The molecule has 0 aliphatic carbocycles. The number of carbonyl (C=O) groups excluding carboxylic acids is 1. The zero-order valence-corrected chi connectivity index (χ0v) is 13.6. The van der Waals surface area contributed by atoms with Gasteiger partial charge in [0.1, 0.15) is 0 Å². The van der Waals surface area contributed by atoms with Crippen LogP contribution in [0.5, 0.6) is 0 Å². The van der Waals surface area contributed by atoms with Crippen LogP contribution < -0.4 is 0 Å². The molecule has 0 atom stereocenters. The monoisotopic (exact) mass is 305 g/mol. The Labute approximate surface area is 135 Å². The Hall–Kier alpha value is -2.68. The van der Waals surface area contributed by atoms with Crippen molar-refractivity contribution in [3.8, 4) is 11.1 Å². The molecule has 2 aromatic carbocycles. The number of hydrogen-bond donors (Lipinski definition) is 0. The van der Waals surface area contributed by atoms with E-state index in [0.717, 1.165) is 33.3 Å². The summed E-state index contributed by atoms with van der Waals surface area (Å²) in [4.78, 5) is 16.8. The molecule has 0 radical (unpaired) electrons. The maximum Gasteiger partial charge on any atom is 0.338 e. The highest BCUT2D eigenvalue weighted by Crippen LogP contribution is 2.28. The van der Waals surface area contributed by atoms with Gasteiger partial charge in [0.2, 0.25) is 0 Å². The first-order chi connectivity index (χ1) is 11.1. The molecular weight excluding hydrogens is 286 g/mol. The summed E-state index contributed by atoms with van der Waals surface area (Å²) in [6.45, 7) is 6.17. The molecule has 0 saturated heterocycles. The van der Waals surface area contributed by atoms with Gasteiger partial charge in [0.05, 0.1) is 17.7 Å². The molecule has 1 aromatic heterocycles. The number of pyridine rings is 1. The zero-order valence-electron chi connectivity index (χ0n) is 13.6. The Bertz CT molecular complexity index is 870. The topological polar surface area (TPSA) is 39.2 Å². The molecule has 0 fully saturated rings. The molecule has 0 saturated carbocycles. The van der Waals surface area contributed by atoms with Gasteiger partial charge in [-0.05, 0) is 50.1 Å². The minimum Gasteiger partial charge on any atom is -0.462 e. The van der Waals surface area contributed by atoms with Gasteiger partial charge < -0.3 is 4.74 Å². The van der Waals surface area contributed by atoms with Crippen LogP contribution in [0, 0.1) is 13.8 Å². The van der Waals surface area contributed by atoms with Crippen LogP contribution in [-0.4, -0.2) is 17.6 Å². The van der Waals surface area contributed by atoms with E-state index < -0.39 is 0 Å². The molecule has 0 N–H and O–H groups in total. The lowest BCUT2D eigenvalue weighted by molar-refractivity contribution is 0.0526. The summed E-state index contributed by atoms with van der Waals surface area (Å²) in [5.41, 5.74) is 5.66. The number of esters is 1. The van der Waals surface area contributed by atoms with Crippen LogP contribution in [0.15, 0.2) is 48.5 Å². The summed E-state index contributed by atoms with van der Waals surface area (Å²) >= 11 is 0. The fraction of sp³-hybridized carbons (Fsp3) is 0.200. The number of carbonyl (C=O) groups is 1. The number of hydrogen-bond acceptors (Lipinski definition) is 3. The second kappa shape index (κ2) is 6.21. The van der Waals surface area contributed by atoms with Gasteiger partial charge in [-0.2, -0.15) is 0 Å². The Kier molecular flexibility index (Phi) is 4.11. The summed E-state index contributed by atoms with van der Waals surface area (Å²) in [5.74, 6) is -0.292. The zero-order chi connectivity index (χ0) is 16.4. The van der Waals surface area contributed by atoms with Crippen molar-refractivity contribution in [2.45, 2.75) is 20.8 Å². The molecular formula is C20H19NO2. The molecule has 0 spiro atoms. The highest BCUT2D eigenvalue weighted by molar-refractivity contribution is 5.97. The molecule has 0 unspecified atom stereocenters. The Morgan fingerprint density at radius 2 is 1.83 bits per heavy atom. The predicted molar refractivity (Wildman–Crippen MR) is 92.6 cm³/mol. The van der Waals surface area contributed by atoms with Gasteiger partial charge in [-0.3, -0.25) is 4.98 Å². The highest BCUT2D eigenvalue weighted by Gasteiger charge is 2.12. The van der Waals surface area contributed by atoms with Gasteiger partial charge in [-0.25, -0.2) is 4.79 Å². The van der Waals surface area contributed by atoms with E-state index in [2.05, 4.69) is 18.2 Å². The van der Waals surface area contributed by atoms with Crippen LogP contribution in [0.2, 0.25) is 0 Å². The number of nitrogens with zero attached hydrogens (tertiary/aromatic N) is 1. The number of fused-ring (bicyclic) bond motifs is 1. The second-order valence-corrected chi connectivity index (χ2v) is 5.57. The van der Waals surface area contributed by atoms with Crippen molar-refractivity contribution in [3.63, 3.8) is 0 Å². The van der Waals surface area contributed by atoms with Crippen LogP contribution >= 0.6 is 0 Å². The fourth-order valence-electron chi connectivity index (χ4n) is 2.80. The quantitative estimate of drug-likeness (QED) is 0.659. The van der Waals surface area contributed by atoms with E-state index in [1.165, 1.54) is 0 Å². The average Bonchev–Trinajstić information content (AvgIpc) is 2.56. The van der Waals surface area contributed by atoms with Gasteiger partial charge >= 0.3 is 5.97 Å². The standard InChI is InChI=1S/C20H19NO2/c1-4-23-20(22)17-10-13(2)19-16(11-17)12-18(14(3)21-19)15-8-6-5-7-9-15/h5-12H,4H2,1-3H3. The second-order valence-electron chi connectivity index (χ2n) is 5.57. The fourth-order valence-corrected chi connectivity index (χ4v) is 2.80. The van der Waals surface area contributed by atoms with Crippen LogP contribution in [0.1, 0.15) is 28.5 Å². The largest absolute Gasteiger partial charge is 0.462 e. The molecule has 0 amide bonds. The number of aryl methyl sites for hydroxylation is 2. The van der Waals surface area contributed by atoms with Gasteiger partial charge in [0.15, 0.2) is 0 Å². The van der Waals surface area contributed by atoms with Crippen LogP contribution in [-0.2, 0) is 4.74 Å². The maximum atomic E-state index is 12.0. The maximum absolute atomic E-state index is 12.0. The highest BCUT2D eigenvalue weighted by atomic mass is 16.5. The van der Waals surface area contributed by atoms with Gasteiger partial charge in [-0.1, -0.05) is 30.3 Å². The Morgan fingerprint density at radius 3 is 2.52 bits per heavy atom. The molecule has 0 aliphatic rings. The SMILES string of the molecule is CCOC(=O)c1cc(C)c2nc(C)c(-c3ccccc3)cc2c1. The molecule has 0 bridgehead atoms. The summed E-state index contributed by atoms with van der Waals surface area (Å²) in [7, 11) is 0. The Morgan fingerprint density at radius 1 is 1.09 bits per heavy atom. The summed E-state index contributed by atoms with van der Waals surface area (Å²) in [5, 5.41) is 0.956. The van der Waals surface area contributed by atoms with Gasteiger partial charge in [-0.15, -0.1) is 0 Å². The van der Waals surface area contributed by atoms with E-state index in [9.17, 15) is 4.79 Å². The summed E-state index contributed by atoms with van der Waals surface area (Å²) in [6, 6.07) is 16.0.